The van der Waals surface area contributed by atoms with Crippen LogP contribution in [-0.4, -0.2) is 13.0 Å². The van der Waals surface area contributed by atoms with Gasteiger partial charge in [-0.15, -0.1) is 0 Å². The summed E-state index contributed by atoms with van der Waals surface area (Å²) in [6.45, 7) is 1.25. The average Bonchev–Trinajstić information content (AvgIpc) is 2.09. The van der Waals surface area contributed by atoms with Gasteiger partial charge in [0.05, 0.1) is 11.0 Å². The largest absolute Gasteiger partial charge is 0.379 e. The second-order valence-electron chi connectivity index (χ2n) is 2.85. The Morgan fingerprint density at radius 3 is 2.64 bits per heavy atom. The number of hydrogen-bond donors (Lipinski definition) is 1. The molecule has 1 nitrogen and oxygen atoms in total. The lowest BCUT2D eigenvalue weighted by Gasteiger charge is -2.09. The van der Waals surface area contributed by atoms with Gasteiger partial charge in [-0.25, -0.2) is 13.2 Å². The van der Waals surface area contributed by atoms with Crippen molar-refractivity contribution in [2.45, 2.75) is 13.3 Å². The van der Waals surface area contributed by atoms with E-state index in [0.717, 1.165) is 5.56 Å². The summed E-state index contributed by atoms with van der Waals surface area (Å²) < 4.78 is 37.1. The van der Waals surface area contributed by atoms with Crippen LogP contribution >= 0.6 is 15.9 Å². The molecule has 0 heterocycles. The minimum Gasteiger partial charge on any atom is -0.379 e. The highest BCUT2D eigenvalue weighted by molar-refractivity contribution is 9.10. The van der Waals surface area contributed by atoms with Crippen LogP contribution in [0.25, 0.3) is 0 Å². The minimum atomic E-state index is -2.44. The molecule has 1 aromatic rings. The highest BCUT2D eigenvalue weighted by atomic mass is 79.9. The molecule has 0 radical (unpaired) electrons. The Morgan fingerprint density at radius 1 is 1.43 bits per heavy atom. The SMILES string of the molecule is Cc1cc(Br)c(F)cc1NCC(F)F. The van der Waals surface area contributed by atoms with Crippen LogP contribution in [0.15, 0.2) is 16.6 Å². The van der Waals surface area contributed by atoms with E-state index in [1.807, 2.05) is 0 Å². The number of nitrogens with one attached hydrogen (secondary N) is 1. The maximum atomic E-state index is 13.0. The van der Waals surface area contributed by atoms with Crippen molar-refractivity contribution in [3.63, 3.8) is 0 Å². The second-order valence-corrected chi connectivity index (χ2v) is 3.71. The Labute approximate surface area is 88.4 Å². The quantitative estimate of drug-likeness (QED) is 0.883. The number of rotatable bonds is 3. The van der Waals surface area contributed by atoms with Crippen molar-refractivity contribution < 1.29 is 13.2 Å². The van der Waals surface area contributed by atoms with Crippen LogP contribution in [0.5, 0.6) is 0 Å². The molecule has 0 spiro atoms. The zero-order valence-corrected chi connectivity index (χ0v) is 9.04. The molecule has 0 amide bonds. The predicted octanol–water partition coefficient (Wildman–Crippen LogP) is 3.57. The van der Waals surface area contributed by atoms with Gasteiger partial charge in [-0.1, -0.05) is 0 Å². The van der Waals surface area contributed by atoms with Crippen LogP contribution in [0.3, 0.4) is 0 Å². The van der Waals surface area contributed by atoms with Crippen molar-refractivity contribution in [2.24, 2.45) is 0 Å². The predicted molar refractivity (Wildman–Crippen MR) is 53.3 cm³/mol. The molecule has 0 aliphatic carbocycles. The Hall–Kier alpha value is -0.710. The molecular weight excluding hydrogens is 259 g/mol. The molecule has 0 aliphatic rings. The fraction of sp³-hybridized carbons (Fsp3) is 0.333. The second kappa shape index (κ2) is 4.68. The van der Waals surface area contributed by atoms with Gasteiger partial charge < -0.3 is 5.32 Å². The lowest BCUT2D eigenvalue weighted by atomic mass is 10.2. The summed E-state index contributed by atoms with van der Waals surface area (Å²) in [5.41, 5.74) is 1.12. The van der Waals surface area contributed by atoms with Gasteiger partial charge in [-0.3, -0.25) is 0 Å². The number of anilines is 1. The molecule has 0 fully saturated rings. The number of halogens is 4. The van der Waals surface area contributed by atoms with Crippen molar-refractivity contribution in [3.05, 3.63) is 28.0 Å². The highest BCUT2D eigenvalue weighted by Gasteiger charge is 2.07. The van der Waals surface area contributed by atoms with Gasteiger partial charge in [0.1, 0.15) is 5.82 Å². The first kappa shape index (κ1) is 11.4. The maximum absolute atomic E-state index is 13.0. The molecule has 14 heavy (non-hydrogen) atoms. The van der Waals surface area contributed by atoms with Crippen LogP contribution in [0.1, 0.15) is 5.56 Å². The number of benzene rings is 1. The molecule has 0 bridgehead atoms. The van der Waals surface area contributed by atoms with Crippen molar-refractivity contribution >= 4 is 21.6 Å². The molecule has 1 aromatic carbocycles. The zero-order chi connectivity index (χ0) is 10.7. The molecule has 1 N–H and O–H groups in total. The van der Waals surface area contributed by atoms with Gasteiger partial charge in [0.15, 0.2) is 0 Å². The monoisotopic (exact) mass is 267 g/mol. The fourth-order valence-corrected chi connectivity index (χ4v) is 1.48. The van der Waals surface area contributed by atoms with E-state index >= 15 is 0 Å². The highest BCUT2D eigenvalue weighted by Crippen LogP contribution is 2.23. The third-order valence-corrected chi connectivity index (χ3v) is 2.32. The van der Waals surface area contributed by atoms with Gasteiger partial charge >= 0.3 is 0 Å². The summed E-state index contributed by atoms with van der Waals surface area (Å²) in [7, 11) is 0. The Balaban J connectivity index is 2.82. The van der Waals surface area contributed by atoms with Crippen LogP contribution in [0.2, 0.25) is 0 Å². The molecule has 0 atom stereocenters. The summed E-state index contributed by atoms with van der Waals surface area (Å²) in [6.07, 6.45) is -2.44. The van der Waals surface area contributed by atoms with Crippen molar-refractivity contribution in [2.75, 3.05) is 11.9 Å². The van der Waals surface area contributed by atoms with E-state index in [2.05, 4.69) is 21.2 Å². The molecule has 0 aliphatic heterocycles. The first-order valence-electron chi connectivity index (χ1n) is 3.98. The van der Waals surface area contributed by atoms with E-state index in [4.69, 9.17) is 0 Å². The molecule has 78 valence electrons. The Kier molecular flexibility index (Phi) is 3.80. The van der Waals surface area contributed by atoms with Crippen LogP contribution < -0.4 is 5.32 Å². The zero-order valence-electron chi connectivity index (χ0n) is 7.45. The van der Waals surface area contributed by atoms with Crippen LogP contribution in [0, 0.1) is 12.7 Å². The topological polar surface area (TPSA) is 12.0 Å². The average molecular weight is 268 g/mol. The van der Waals surface area contributed by atoms with E-state index in [9.17, 15) is 13.2 Å². The number of hydrogen-bond acceptors (Lipinski definition) is 1. The first-order valence-corrected chi connectivity index (χ1v) is 4.77. The van der Waals surface area contributed by atoms with Crippen molar-refractivity contribution in [1.29, 1.82) is 0 Å². The van der Waals surface area contributed by atoms with E-state index < -0.39 is 18.8 Å². The summed E-state index contributed by atoms with van der Waals surface area (Å²) >= 11 is 3.01. The van der Waals surface area contributed by atoms with Gasteiger partial charge in [-0.05, 0) is 40.5 Å². The molecular formula is C9H9BrF3N. The lowest BCUT2D eigenvalue weighted by Crippen LogP contribution is -2.11. The normalized spacial score (nSPS) is 10.7. The summed E-state index contributed by atoms with van der Waals surface area (Å²) in [4.78, 5) is 0. The number of alkyl halides is 2. The molecule has 1 rings (SSSR count). The van der Waals surface area contributed by atoms with Crippen LogP contribution in [0.4, 0.5) is 18.9 Å². The molecule has 0 aromatic heterocycles. The maximum Gasteiger partial charge on any atom is 0.255 e. The molecule has 5 heteroatoms. The Bertz CT molecular complexity index is 328. The fourth-order valence-electron chi connectivity index (χ4n) is 1.02. The van der Waals surface area contributed by atoms with Gasteiger partial charge in [0.25, 0.3) is 6.43 Å². The molecule has 0 saturated heterocycles. The standard InChI is InChI=1S/C9H9BrF3N/c1-5-2-6(10)7(11)3-8(5)14-4-9(12)13/h2-3,9,14H,4H2,1H3. The number of aryl methyl sites for hydroxylation is 1. The van der Waals surface area contributed by atoms with E-state index in [1.54, 1.807) is 13.0 Å². The Morgan fingerprint density at radius 2 is 2.07 bits per heavy atom. The lowest BCUT2D eigenvalue weighted by molar-refractivity contribution is 0.163. The summed E-state index contributed by atoms with van der Waals surface area (Å²) in [5.74, 6) is -0.465. The van der Waals surface area contributed by atoms with Crippen molar-refractivity contribution in [3.8, 4) is 0 Å². The molecule has 0 unspecified atom stereocenters. The van der Waals surface area contributed by atoms with Gasteiger partial charge in [-0.2, -0.15) is 0 Å². The van der Waals surface area contributed by atoms with E-state index in [1.165, 1.54) is 6.07 Å². The summed E-state index contributed by atoms with van der Waals surface area (Å²) in [6, 6.07) is 2.74. The smallest absolute Gasteiger partial charge is 0.255 e. The van der Waals surface area contributed by atoms with Crippen LogP contribution in [-0.2, 0) is 0 Å². The third-order valence-electron chi connectivity index (χ3n) is 1.71. The third kappa shape index (κ3) is 2.90. The van der Waals surface area contributed by atoms with E-state index in [0.29, 0.717) is 10.2 Å². The van der Waals surface area contributed by atoms with Crippen molar-refractivity contribution in [1.82, 2.24) is 0 Å². The van der Waals surface area contributed by atoms with Gasteiger partial charge in [0, 0.05) is 5.69 Å². The van der Waals surface area contributed by atoms with Gasteiger partial charge in [0.2, 0.25) is 0 Å². The molecule has 0 saturated carbocycles. The summed E-state index contributed by atoms with van der Waals surface area (Å²) in [5, 5.41) is 2.47. The van der Waals surface area contributed by atoms with E-state index in [-0.39, 0.29) is 0 Å². The first-order chi connectivity index (χ1) is 6.50. The minimum absolute atomic E-state index is 0.331.